The van der Waals surface area contributed by atoms with E-state index in [2.05, 4.69) is 9.68 Å². The van der Waals surface area contributed by atoms with Gasteiger partial charge in [0.05, 0.1) is 13.0 Å². The molecule has 2 aromatic rings. The summed E-state index contributed by atoms with van der Waals surface area (Å²) in [4.78, 5) is 51.8. The van der Waals surface area contributed by atoms with Gasteiger partial charge in [0.2, 0.25) is 0 Å². The Hall–Kier alpha value is -4.23. The number of rotatable bonds is 13. The van der Waals surface area contributed by atoms with Crippen LogP contribution in [0.15, 0.2) is 36.4 Å². The predicted molar refractivity (Wildman–Crippen MR) is 106 cm³/mol. The summed E-state index contributed by atoms with van der Waals surface area (Å²) < 4.78 is 5.14. The topological polar surface area (TPSA) is 194 Å². The Kier molecular flexibility index (Phi) is 7.66. The highest BCUT2D eigenvalue weighted by Crippen LogP contribution is 2.31. The Bertz CT molecular complexity index is 1010. The smallest absolute Gasteiger partial charge is 0.310 e. The maximum absolute atomic E-state index is 11.9. The van der Waals surface area contributed by atoms with Crippen molar-refractivity contribution in [3.05, 3.63) is 72.3 Å². The van der Waals surface area contributed by atoms with E-state index in [1.54, 1.807) is 30.3 Å². The number of methoxy groups -OCH3 is 1. The molecule has 1 N–H and O–H groups in total. The molecule has 32 heavy (non-hydrogen) atoms. The molecule has 172 valence electrons. The van der Waals surface area contributed by atoms with Gasteiger partial charge in [-0.1, -0.05) is 24.3 Å². The summed E-state index contributed by atoms with van der Waals surface area (Å²) in [7, 11) is 1.50. The minimum Gasteiger partial charge on any atom is -0.497 e. The summed E-state index contributed by atoms with van der Waals surface area (Å²) in [6.45, 7) is -2.30. The van der Waals surface area contributed by atoms with Crippen molar-refractivity contribution in [1.29, 1.82) is 0 Å². The Morgan fingerprint density at radius 3 is 2.06 bits per heavy atom. The first-order valence-corrected chi connectivity index (χ1v) is 9.07. The average Bonchev–Trinajstić information content (AvgIpc) is 2.74. The van der Waals surface area contributed by atoms with Crippen LogP contribution in [0.4, 0.5) is 0 Å². The lowest BCUT2D eigenvalue weighted by Crippen LogP contribution is -2.48. The number of benzene rings is 2. The van der Waals surface area contributed by atoms with Gasteiger partial charge in [0.15, 0.2) is 13.2 Å². The van der Waals surface area contributed by atoms with Gasteiger partial charge in [-0.25, -0.2) is 0 Å². The molecule has 0 saturated carbocycles. The number of hydrogen-bond donors (Lipinski definition) is 1. The van der Waals surface area contributed by atoms with Crippen molar-refractivity contribution in [3.8, 4) is 5.75 Å². The van der Waals surface area contributed by atoms with E-state index in [1.807, 2.05) is 0 Å². The SMILES string of the molecule is COc1ccc2cc([C@H](CCC(CO[N+](=O)[O-])(CO[N+](=O)[O-])[N+](=O)[O-])C(=O)O)ccc2c1. The van der Waals surface area contributed by atoms with Crippen molar-refractivity contribution in [2.45, 2.75) is 24.3 Å². The molecule has 0 aromatic heterocycles. The van der Waals surface area contributed by atoms with Gasteiger partial charge in [-0.05, 0) is 34.9 Å². The van der Waals surface area contributed by atoms with Crippen LogP contribution in [-0.4, -0.2) is 52.0 Å². The Morgan fingerprint density at radius 2 is 1.56 bits per heavy atom. The molecule has 2 rings (SSSR count). The fraction of sp³-hybridized carbons (Fsp3) is 0.389. The van der Waals surface area contributed by atoms with Crippen LogP contribution in [0.1, 0.15) is 24.3 Å². The van der Waals surface area contributed by atoms with Crippen LogP contribution in [0, 0.1) is 30.3 Å². The number of ether oxygens (including phenoxy) is 1. The number of carbonyl (C=O) groups is 1. The lowest BCUT2D eigenvalue weighted by atomic mass is 9.86. The molecule has 0 heterocycles. The minimum absolute atomic E-state index is 0.331. The normalized spacial score (nSPS) is 12.0. The second-order valence-corrected chi connectivity index (χ2v) is 6.88. The quantitative estimate of drug-likeness (QED) is 0.345. The Balaban J connectivity index is 2.33. The molecule has 0 amide bonds. The van der Waals surface area contributed by atoms with Crippen LogP contribution >= 0.6 is 0 Å². The first kappa shape index (κ1) is 24.0. The first-order valence-electron chi connectivity index (χ1n) is 9.07. The van der Waals surface area contributed by atoms with Crippen molar-refractivity contribution < 1.29 is 39.4 Å². The second kappa shape index (κ2) is 10.2. The average molecular weight is 453 g/mol. The third kappa shape index (κ3) is 5.90. The summed E-state index contributed by atoms with van der Waals surface area (Å²) >= 11 is 0. The highest BCUT2D eigenvalue weighted by Gasteiger charge is 2.46. The van der Waals surface area contributed by atoms with Gasteiger partial charge in [-0.15, -0.1) is 20.2 Å². The zero-order valence-electron chi connectivity index (χ0n) is 16.7. The van der Waals surface area contributed by atoms with E-state index >= 15 is 0 Å². The highest BCUT2D eigenvalue weighted by molar-refractivity contribution is 5.86. The molecule has 14 nitrogen and oxygen atoms in total. The van der Waals surface area contributed by atoms with Gasteiger partial charge in [-0.3, -0.25) is 14.9 Å². The molecule has 0 radical (unpaired) electrons. The molecule has 14 heteroatoms. The molecular formula is C18H19N3O11. The largest absolute Gasteiger partial charge is 0.497 e. The van der Waals surface area contributed by atoms with Crippen LogP contribution in [0.3, 0.4) is 0 Å². The molecule has 2 aromatic carbocycles. The molecule has 0 fully saturated rings. The van der Waals surface area contributed by atoms with Crippen LogP contribution in [-0.2, 0) is 14.5 Å². The van der Waals surface area contributed by atoms with Gasteiger partial charge >= 0.3 is 5.97 Å². The second-order valence-electron chi connectivity index (χ2n) is 6.88. The molecule has 1 atom stereocenters. The minimum atomic E-state index is -2.40. The third-order valence-electron chi connectivity index (χ3n) is 4.93. The lowest BCUT2D eigenvalue weighted by molar-refractivity contribution is -0.788. The molecule has 0 bridgehead atoms. The van der Waals surface area contributed by atoms with Gasteiger partial charge in [0.1, 0.15) is 5.75 Å². The Morgan fingerprint density at radius 1 is 1.00 bits per heavy atom. The van der Waals surface area contributed by atoms with Gasteiger partial charge in [-0.2, -0.15) is 0 Å². The van der Waals surface area contributed by atoms with Crippen molar-refractivity contribution >= 4 is 16.7 Å². The maximum atomic E-state index is 11.9. The zero-order valence-corrected chi connectivity index (χ0v) is 16.7. The molecule has 0 aliphatic heterocycles. The van der Waals surface area contributed by atoms with Crippen molar-refractivity contribution in [1.82, 2.24) is 0 Å². The standard InChI is InChI=1S/C18H19N3O11/c1-30-15-5-4-12-8-14(3-2-13(12)9-15)16(17(22)23)6-7-18(19(24)25,10-31-20(26)27)11-32-21(28)29/h2-5,8-9,16H,6-7,10-11H2,1H3,(H,22,23)/t16-/m0/s1. The number of hydrogen-bond acceptors (Lipinski definition) is 10. The molecule has 0 unspecified atom stereocenters. The molecule has 0 spiro atoms. The van der Waals surface area contributed by atoms with Gasteiger partial charge in [0, 0.05) is 11.3 Å². The number of carboxylic acids is 1. The van der Waals surface area contributed by atoms with E-state index < -0.39 is 52.2 Å². The first-order chi connectivity index (χ1) is 15.1. The van der Waals surface area contributed by atoms with E-state index in [-0.39, 0.29) is 6.42 Å². The van der Waals surface area contributed by atoms with Crippen LogP contribution in [0.5, 0.6) is 5.75 Å². The third-order valence-corrected chi connectivity index (χ3v) is 4.93. The summed E-state index contributed by atoms with van der Waals surface area (Å²) in [6, 6.07) is 9.95. The number of fused-ring (bicyclic) bond motifs is 1. The molecule has 0 saturated heterocycles. The highest BCUT2D eigenvalue weighted by atomic mass is 17.0. The van der Waals surface area contributed by atoms with Crippen molar-refractivity contribution in [3.63, 3.8) is 0 Å². The van der Waals surface area contributed by atoms with Crippen LogP contribution in [0.2, 0.25) is 0 Å². The van der Waals surface area contributed by atoms with Gasteiger partial charge < -0.3 is 19.5 Å². The summed E-state index contributed by atoms with van der Waals surface area (Å²) in [5.74, 6) is -1.92. The van der Waals surface area contributed by atoms with Crippen molar-refractivity contribution in [2.75, 3.05) is 20.3 Å². The summed E-state index contributed by atoms with van der Waals surface area (Å²) in [6.07, 6.45) is -0.959. The van der Waals surface area contributed by atoms with Crippen molar-refractivity contribution in [2.24, 2.45) is 0 Å². The monoisotopic (exact) mass is 453 g/mol. The number of nitro groups is 1. The van der Waals surface area contributed by atoms with E-state index in [0.29, 0.717) is 16.7 Å². The van der Waals surface area contributed by atoms with E-state index in [9.17, 15) is 40.2 Å². The number of nitrogens with zero attached hydrogens (tertiary/aromatic N) is 3. The van der Waals surface area contributed by atoms with Gasteiger partial charge in [0.25, 0.3) is 15.7 Å². The van der Waals surface area contributed by atoms with E-state index in [1.165, 1.54) is 13.2 Å². The molecule has 0 aliphatic carbocycles. The molecule has 0 aliphatic rings. The predicted octanol–water partition coefficient (Wildman–Crippen LogP) is 2.23. The number of aliphatic carboxylic acids is 1. The molecular weight excluding hydrogens is 434 g/mol. The van der Waals surface area contributed by atoms with Crippen LogP contribution < -0.4 is 4.74 Å². The number of carboxylic acid groups (broad SMARTS) is 1. The lowest BCUT2D eigenvalue weighted by Gasteiger charge is -2.24. The van der Waals surface area contributed by atoms with Crippen LogP contribution in [0.25, 0.3) is 10.8 Å². The maximum Gasteiger partial charge on any atom is 0.310 e. The zero-order chi connectivity index (χ0) is 23.9. The fourth-order valence-corrected chi connectivity index (χ4v) is 3.16. The summed E-state index contributed by atoms with van der Waals surface area (Å²) in [5.41, 5.74) is -2.07. The van der Waals surface area contributed by atoms with E-state index in [4.69, 9.17) is 4.74 Å². The summed E-state index contributed by atoms with van der Waals surface area (Å²) in [5, 5.41) is 41.3. The fourth-order valence-electron chi connectivity index (χ4n) is 3.16. The van der Waals surface area contributed by atoms with E-state index in [0.717, 1.165) is 5.39 Å². The Labute approximate surface area is 179 Å².